The summed E-state index contributed by atoms with van der Waals surface area (Å²) in [5.74, 6) is -1.18. The molecule has 1 aromatic heterocycles. The molecular formula is C9H10F2N2O. The standard InChI is InChI=1S/C9H10F2N2O/c10-6-1-2-8(11)13-9(6)7-5-14-4-3-12-7/h1-2,7,12H,3-5H2/t7-/m0/s1. The molecule has 2 rings (SSSR count). The minimum atomic E-state index is -0.672. The molecule has 0 radical (unpaired) electrons. The molecule has 0 aromatic carbocycles. The van der Waals surface area contributed by atoms with Gasteiger partial charge in [-0.3, -0.25) is 0 Å². The third-order valence-corrected chi connectivity index (χ3v) is 2.09. The van der Waals surface area contributed by atoms with E-state index in [0.29, 0.717) is 19.8 Å². The van der Waals surface area contributed by atoms with Gasteiger partial charge in [0.15, 0.2) is 0 Å². The second kappa shape index (κ2) is 3.98. The van der Waals surface area contributed by atoms with Crippen molar-refractivity contribution in [3.63, 3.8) is 0 Å². The second-order valence-electron chi connectivity index (χ2n) is 3.08. The van der Waals surface area contributed by atoms with Crippen molar-refractivity contribution in [1.29, 1.82) is 0 Å². The number of halogens is 2. The van der Waals surface area contributed by atoms with Crippen LogP contribution in [0.4, 0.5) is 8.78 Å². The van der Waals surface area contributed by atoms with E-state index in [1.54, 1.807) is 0 Å². The number of pyridine rings is 1. The largest absolute Gasteiger partial charge is 0.378 e. The molecule has 1 saturated heterocycles. The van der Waals surface area contributed by atoms with E-state index in [1.807, 2.05) is 0 Å². The van der Waals surface area contributed by atoms with Gasteiger partial charge in [0.05, 0.1) is 24.9 Å². The lowest BCUT2D eigenvalue weighted by Gasteiger charge is -2.23. The number of morpholine rings is 1. The van der Waals surface area contributed by atoms with Crippen molar-refractivity contribution < 1.29 is 13.5 Å². The van der Waals surface area contributed by atoms with E-state index >= 15 is 0 Å². The van der Waals surface area contributed by atoms with E-state index in [4.69, 9.17) is 4.74 Å². The van der Waals surface area contributed by atoms with E-state index in [0.717, 1.165) is 12.1 Å². The highest BCUT2D eigenvalue weighted by molar-refractivity contribution is 5.13. The summed E-state index contributed by atoms with van der Waals surface area (Å²) in [7, 11) is 0. The van der Waals surface area contributed by atoms with Crippen molar-refractivity contribution >= 4 is 0 Å². The zero-order chi connectivity index (χ0) is 9.97. The summed E-state index contributed by atoms with van der Waals surface area (Å²) in [5.41, 5.74) is 0.0877. The number of rotatable bonds is 1. The first-order valence-electron chi connectivity index (χ1n) is 4.40. The quantitative estimate of drug-likeness (QED) is 0.687. The third kappa shape index (κ3) is 1.88. The number of ether oxygens (including phenoxy) is 1. The summed E-state index contributed by atoms with van der Waals surface area (Å²) in [4.78, 5) is 3.51. The van der Waals surface area contributed by atoms with Gasteiger partial charge >= 0.3 is 0 Å². The lowest BCUT2D eigenvalue weighted by molar-refractivity contribution is 0.0741. The average Bonchev–Trinajstić information content (AvgIpc) is 2.23. The first-order chi connectivity index (χ1) is 6.77. The van der Waals surface area contributed by atoms with E-state index in [9.17, 15) is 8.78 Å². The Kier molecular flexibility index (Phi) is 2.69. The molecule has 14 heavy (non-hydrogen) atoms. The average molecular weight is 200 g/mol. The molecule has 0 aliphatic carbocycles. The molecule has 0 unspecified atom stereocenters. The molecule has 3 nitrogen and oxygen atoms in total. The van der Waals surface area contributed by atoms with Crippen molar-refractivity contribution in [2.45, 2.75) is 6.04 Å². The van der Waals surface area contributed by atoms with Crippen molar-refractivity contribution in [1.82, 2.24) is 10.3 Å². The van der Waals surface area contributed by atoms with Crippen LogP contribution < -0.4 is 5.32 Å². The van der Waals surface area contributed by atoms with Gasteiger partial charge in [-0.2, -0.15) is 4.39 Å². The van der Waals surface area contributed by atoms with Crippen LogP contribution in [0.5, 0.6) is 0 Å². The lowest BCUT2D eigenvalue weighted by atomic mass is 10.1. The van der Waals surface area contributed by atoms with Gasteiger partial charge in [-0.25, -0.2) is 9.37 Å². The van der Waals surface area contributed by atoms with Crippen LogP contribution in [-0.2, 0) is 4.74 Å². The predicted molar refractivity (Wildman–Crippen MR) is 45.7 cm³/mol. The third-order valence-electron chi connectivity index (χ3n) is 2.09. The number of hydrogen-bond donors (Lipinski definition) is 1. The number of nitrogens with zero attached hydrogens (tertiary/aromatic N) is 1. The Balaban J connectivity index is 2.24. The number of hydrogen-bond acceptors (Lipinski definition) is 3. The molecule has 1 atom stereocenters. The molecule has 5 heteroatoms. The lowest BCUT2D eigenvalue weighted by Crippen LogP contribution is -2.35. The van der Waals surface area contributed by atoms with Crippen LogP contribution in [0.1, 0.15) is 11.7 Å². The summed E-state index contributed by atoms with van der Waals surface area (Å²) < 4.78 is 31.1. The first kappa shape index (κ1) is 9.48. The van der Waals surface area contributed by atoms with E-state index in [1.165, 1.54) is 0 Å². The van der Waals surface area contributed by atoms with E-state index < -0.39 is 11.8 Å². The minimum absolute atomic E-state index is 0.0877. The highest BCUT2D eigenvalue weighted by Crippen LogP contribution is 2.17. The molecule has 1 aromatic rings. The van der Waals surface area contributed by atoms with Gasteiger partial charge in [0.1, 0.15) is 5.82 Å². The van der Waals surface area contributed by atoms with Crippen LogP contribution in [0.15, 0.2) is 12.1 Å². The summed E-state index contributed by atoms with van der Waals surface area (Å²) in [5, 5.41) is 3.01. The fraction of sp³-hybridized carbons (Fsp3) is 0.444. The maximum Gasteiger partial charge on any atom is 0.213 e. The van der Waals surface area contributed by atoms with Gasteiger partial charge < -0.3 is 10.1 Å². The molecule has 0 amide bonds. The molecule has 1 fully saturated rings. The fourth-order valence-corrected chi connectivity index (χ4v) is 1.42. The van der Waals surface area contributed by atoms with Crippen molar-refractivity contribution in [2.75, 3.05) is 19.8 Å². The van der Waals surface area contributed by atoms with Crippen LogP contribution in [-0.4, -0.2) is 24.7 Å². The van der Waals surface area contributed by atoms with Crippen molar-refractivity contribution in [3.05, 3.63) is 29.6 Å². The van der Waals surface area contributed by atoms with Crippen LogP contribution in [0.25, 0.3) is 0 Å². The first-order valence-corrected chi connectivity index (χ1v) is 4.40. The van der Waals surface area contributed by atoms with Gasteiger partial charge in [-0.15, -0.1) is 0 Å². The Morgan fingerprint density at radius 1 is 1.43 bits per heavy atom. The number of nitrogens with one attached hydrogen (secondary N) is 1. The van der Waals surface area contributed by atoms with Gasteiger partial charge in [0.2, 0.25) is 5.95 Å². The molecule has 0 bridgehead atoms. The molecule has 2 heterocycles. The molecular weight excluding hydrogens is 190 g/mol. The van der Waals surface area contributed by atoms with Crippen LogP contribution in [0, 0.1) is 11.8 Å². The minimum Gasteiger partial charge on any atom is -0.378 e. The zero-order valence-electron chi connectivity index (χ0n) is 7.46. The van der Waals surface area contributed by atoms with Gasteiger partial charge in [0, 0.05) is 6.54 Å². The second-order valence-corrected chi connectivity index (χ2v) is 3.08. The van der Waals surface area contributed by atoms with E-state index in [-0.39, 0.29) is 11.7 Å². The summed E-state index contributed by atoms with van der Waals surface area (Å²) in [6.07, 6.45) is 0. The fourth-order valence-electron chi connectivity index (χ4n) is 1.42. The van der Waals surface area contributed by atoms with Crippen molar-refractivity contribution in [2.24, 2.45) is 0 Å². The Bertz CT molecular complexity index is 327. The zero-order valence-corrected chi connectivity index (χ0v) is 7.46. The monoisotopic (exact) mass is 200 g/mol. The Morgan fingerprint density at radius 2 is 2.29 bits per heavy atom. The Morgan fingerprint density at radius 3 is 3.00 bits per heavy atom. The summed E-state index contributed by atoms with van der Waals surface area (Å²) in [6.45, 7) is 1.54. The Hall–Kier alpha value is -1.07. The highest BCUT2D eigenvalue weighted by atomic mass is 19.1. The molecule has 1 aliphatic heterocycles. The SMILES string of the molecule is Fc1ccc(F)c([C@@H]2COCCN2)n1. The maximum atomic E-state index is 13.2. The van der Waals surface area contributed by atoms with Gasteiger partial charge in [-0.1, -0.05) is 0 Å². The molecule has 1 aliphatic rings. The van der Waals surface area contributed by atoms with Gasteiger partial charge in [0.25, 0.3) is 0 Å². The maximum absolute atomic E-state index is 13.2. The summed E-state index contributed by atoms with van der Waals surface area (Å²) >= 11 is 0. The van der Waals surface area contributed by atoms with Crippen LogP contribution in [0.2, 0.25) is 0 Å². The topological polar surface area (TPSA) is 34.1 Å². The molecule has 0 spiro atoms. The Labute approximate surface area is 80.1 Å². The smallest absolute Gasteiger partial charge is 0.213 e. The molecule has 76 valence electrons. The number of aromatic nitrogens is 1. The van der Waals surface area contributed by atoms with Crippen molar-refractivity contribution in [3.8, 4) is 0 Å². The highest BCUT2D eigenvalue weighted by Gasteiger charge is 2.20. The summed E-state index contributed by atoms with van der Waals surface area (Å²) in [6, 6.07) is 1.73. The predicted octanol–water partition coefficient (Wildman–Crippen LogP) is 1.02. The van der Waals surface area contributed by atoms with Crippen LogP contribution in [0.3, 0.4) is 0 Å². The van der Waals surface area contributed by atoms with E-state index in [2.05, 4.69) is 10.3 Å². The molecule has 0 saturated carbocycles. The molecule has 1 N–H and O–H groups in total. The van der Waals surface area contributed by atoms with Crippen LogP contribution >= 0.6 is 0 Å². The van der Waals surface area contributed by atoms with Gasteiger partial charge in [-0.05, 0) is 12.1 Å². The normalized spacial score (nSPS) is 22.3.